The van der Waals surface area contributed by atoms with Crippen LogP contribution in [-0.2, 0) is 11.3 Å². The topological polar surface area (TPSA) is 92.1 Å². The molecule has 1 fully saturated rings. The first kappa shape index (κ1) is 18.1. The van der Waals surface area contributed by atoms with Crippen LogP contribution in [-0.4, -0.2) is 45.0 Å². The molecule has 0 aliphatic carbocycles. The molecular weight excluding hydrogens is 340 g/mol. The van der Waals surface area contributed by atoms with E-state index in [2.05, 4.69) is 10.5 Å². The van der Waals surface area contributed by atoms with E-state index >= 15 is 0 Å². The Kier molecular flexibility index (Phi) is 5.96. The lowest BCUT2D eigenvalue weighted by Crippen LogP contribution is -2.29. The number of carbonyl (C=O) groups is 1. The molecule has 1 aliphatic rings. The average molecular weight is 362 g/mol. The highest BCUT2D eigenvalue weighted by Gasteiger charge is 2.18. The van der Waals surface area contributed by atoms with E-state index in [0.717, 1.165) is 13.0 Å². The van der Waals surface area contributed by atoms with Crippen molar-refractivity contribution in [3.05, 3.63) is 35.7 Å². The van der Waals surface area contributed by atoms with Crippen LogP contribution in [0.1, 0.15) is 22.7 Å². The van der Waals surface area contributed by atoms with Crippen LogP contribution in [0.4, 0.5) is 0 Å². The van der Waals surface area contributed by atoms with Crippen molar-refractivity contribution in [3.8, 4) is 17.2 Å². The minimum absolute atomic E-state index is 0.145. The number of nitrogens with one attached hydrogen (secondary N) is 1. The summed E-state index contributed by atoms with van der Waals surface area (Å²) in [6.45, 7) is 2.15. The van der Waals surface area contributed by atoms with Gasteiger partial charge in [0.05, 0.1) is 20.8 Å². The third kappa shape index (κ3) is 4.45. The van der Waals surface area contributed by atoms with Gasteiger partial charge in [0.2, 0.25) is 0 Å². The third-order valence-electron chi connectivity index (χ3n) is 4.10. The van der Waals surface area contributed by atoms with E-state index in [1.807, 2.05) is 0 Å². The first-order valence-electron chi connectivity index (χ1n) is 8.36. The van der Waals surface area contributed by atoms with Crippen molar-refractivity contribution in [2.45, 2.75) is 13.0 Å². The summed E-state index contributed by atoms with van der Waals surface area (Å²) < 4.78 is 26.5. The van der Waals surface area contributed by atoms with Crippen LogP contribution in [0.5, 0.6) is 17.2 Å². The molecule has 0 saturated carbocycles. The molecule has 0 spiro atoms. The van der Waals surface area contributed by atoms with Gasteiger partial charge in [-0.1, -0.05) is 5.16 Å². The number of rotatable bonds is 8. The van der Waals surface area contributed by atoms with E-state index in [0.29, 0.717) is 42.1 Å². The number of hydrogen-bond donors (Lipinski definition) is 1. The minimum atomic E-state index is -0.266. The molecule has 26 heavy (non-hydrogen) atoms. The van der Waals surface area contributed by atoms with Gasteiger partial charge in [-0.15, -0.1) is 0 Å². The number of ether oxygens (including phenoxy) is 4. The Morgan fingerprint density at radius 2 is 2.12 bits per heavy atom. The smallest absolute Gasteiger partial charge is 0.273 e. The number of aromatic nitrogens is 1. The fourth-order valence-corrected chi connectivity index (χ4v) is 2.62. The van der Waals surface area contributed by atoms with Crippen LogP contribution in [0.3, 0.4) is 0 Å². The van der Waals surface area contributed by atoms with Gasteiger partial charge in [0.1, 0.15) is 12.4 Å². The average Bonchev–Trinajstić information content (AvgIpc) is 3.36. The highest BCUT2D eigenvalue weighted by atomic mass is 16.5. The zero-order valence-electron chi connectivity index (χ0n) is 14.8. The Morgan fingerprint density at radius 3 is 2.85 bits per heavy atom. The van der Waals surface area contributed by atoms with Crippen molar-refractivity contribution in [2.24, 2.45) is 5.92 Å². The van der Waals surface area contributed by atoms with Gasteiger partial charge in [0.25, 0.3) is 5.91 Å². The highest BCUT2D eigenvalue weighted by molar-refractivity contribution is 5.92. The quantitative estimate of drug-likeness (QED) is 0.768. The molecule has 1 saturated heterocycles. The Labute approximate surface area is 151 Å². The van der Waals surface area contributed by atoms with Gasteiger partial charge < -0.3 is 28.8 Å². The second kappa shape index (κ2) is 8.57. The predicted molar refractivity (Wildman–Crippen MR) is 91.6 cm³/mol. The minimum Gasteiger partial charge on any atom is -0.493 e. The van der Waals surface area contributed by atoms with E-state index < -0.39 is 0 Å². The van der Waals surface area contributed by atoms with E-state index in [1.165, 1.54) is 0 Å². The van der Waals surface area contributed by atoms with Crippen LogP contribution in [0.25, 0.3) is 0 Å². The summed E-state index contributed by atoms with van der Waals surface area (Å²) in [6.07, 6.45) is 0.962. The fraction of sp³-hybridized carbons (Fsp3) is 0.444. The third-order valence-corrected chi connectivity index (χ3v) is 4.10. The SMILES string of the molecule is COc1ccc(OCc2cc(C(=O)NCC3CCOC3)no2)cc1OC. The zero-order chi connectivity index (χ0) is 18.4. The number of amides is 1. The Balaban J connectivity index is 1.52. The molecule has 0 bridgehead atoms. The largest absolute Gasteiger partial charge is 0.493 e. The summed E-state index contributed by atoms with van der Waals surface area (Å²) in [5.41, 5.74) is 0.231. The summed E-state index contributed by atoms with van der Waals surface area (Å²) in [6, 6.07) is 6.79. The number of nitrogens with zero attached hydrogens (tertiary/aromatic N) is 1. The van der Waals surface area contributed by atoms with Crippen LogP contribution in [0.15, 0.2) is 28.8 Å². The van der Waals surface area contributed by atoms with Crippen molar-refractivity contribution in [1.29, 1.82) is 0 Å². The predicted octanol–water partition coefficient (Wildman–Crippen LogP) is 2.04. The lowest BCUT2D eigenvalue weighted by Gasteiger charge is -2.09. The number of hydrogen-bond acceptors (Lipinski definition) is 7. The molecule has 8 nitrogen and oxygen atoms in total. The molecule has 8 heteroatoms. The highest BCUT2D eigenvalue weighted by Crippen LogP contribution is 2.31. The standard InChI is InChI=1S/C18H22N2O6/c1-22-16-4-3-13(8-17(16)23-2)25-11-14-7-15(20-26-14)18(21)19-9-12-5-6-24-10-12/h3-4,7-8,12H,5-6,9-11H2,1-2H3,(H,19,21). The summed E-state index contributed by atoms with van der Waals surface area (Å²) >= 11 is 0. The molecule has 1 N–H and O–H groups in total. The van der Waals surface area contributed by atoms with E-state index in [4.69, 9.17) is 23.5 Å². The van der Waals surface area contributed by atoms with Gasteiger partial charge in [-0.3, -0.25) is 4.79 Å². The lowest BCUT2D eigenvalue weighted by atomic mass is 10.1. The van der Waals surface area contributed by atoms with Crippen LogP contribution >= 0.6 is 0 Å². The maximum Gasteiger partial charge on any atom is 0.273 e. The van der Waals surface area contributed by atoms with Gasteiger partial charge in [-0.25, -0.2) is 0 Å². The molecule has 1 unspecified atom stereocenters. The summed E-state index contributed by atoms with van der Waals surface area (Å²) in [4.78, 5) is 12.1. The van der Waals surface area contributed by atoms with Crippen LogP contribution in [0.2, 0.25) is 0 Å². The Morgan fingerprint density at radius 1 is 1.27 bits per heavy atom. The summed E-state index contributed by atoms with van der Waals surface area (Å²) in [5, 5.41) is 6.63. The number of carbonyl (C=O) groups excluding carboxylic acids is 1. The maximum absolute atomic E-state index is 12.1. The van der Waals surface area contributed by atoms with Crippen LogP contribution < -0.4 is 19.5 Å². The van der Waals surface area contributed by atoms with E-state index in [-0.39, 0.29) is 18.2 Å². The molecule has 1 aromatic carbocycles. The molecule has 140 valence electrons. The van der Waals surface area contributed by atoms with Gasteiger partial charge in [-0.05, 0) is 18.6 Å². The second-order valence-electron chi connectivity index (χ2n) is 5.92. The molecule has 0 radical (unpaired) electrons. The lowest BCUT2D eigenvalue weighted by molar-refractivity contribution is 0.0935. The molecule has 3 rings (SSSR count). The van der Waals surface area contributed by atoms with Gasteiger partial charge in [0.15, 0.2) is 23.0 Å². The fourth-order valence-electron chi connectivity index (χ4n) is 2.62. The normalized spacial score (nSPS) is 16.3. The Hall–Kier alpha value is -2.74. The molecular formula is C18H22N2O6. The Bertz CT molecular complexity index is 739. The number of benzene rings is 1. The second-order valence-corrected chi connectivity index (χ2v) is 5.92. The first-order chi connectivity index (χ1) is 12.7. The van der Waals surface area contributed by atoms with Gasteiger partial charge in [-0.2, -0.15) is 0 Å². The molecule has 1 aromatic heterocycles. The first-order valence-corrected chi connectivity index (χ1v) is 8.36. The summed E-state index contributed by atoms with van der Waals surface area (Å²) in [5.74, 6) is 2.32. The van der Waals surface area contributed by atoms with Gasteiger partial charge in [0, 0.05) is 31.2 Å². The number of methoxy groups -OCH3 is 2. The van der Waals surface area contributed by atoms with Crippen LogP contribution in [0, 0.1) is 5.92 Å². The van der Waals surface area contributed by atoms with Crippen molar-refractivity contribution in [1.82, 2.24) is 10.5 Å². The van der Waals surface area contributed by atoms with Crippen molar-refractivity contribution >= 4 is 5.91 Å². The molecule has 1 atom stereocenters. The van der Waals surface area contributed by atoms with Crippen molar-refractivity contribution in [2.75, 3.05) is 34.0 Å². The van der Waals surface area contributed by atoms with E-state index in [1.54, 1.807) is 38.5 Å². The maximum atomic E-state index is 12.1. The summed E-state index contributed by atoms with van der Waals surface area (Å²) in [7, 11) is 3.12. The van der Waals surface area contributed by atoms with E-state index in [9.17, 15) is 4.79 Å². The van der Waals surface area contributed by atoms with Crippen molar-refractivity contribution in [3.63, 3.8) is 0 Å². The zero-order valence-corrected chi connectivity index (χ0v) is 14.8. The molecule has 2 heterocycles. The molecule has 2 aromatic rings. The van der Waals surface area contributed by atoms with Crippen molar-refractivity contribution < 1.29 is 28.3 Å². The molecule has 1 amide bonds. The van der Waals surface area contributed by atoms with Gasteiger partial charge >= 0.3 is 0 Å². The molecule has 1 aliphatic heterocycles. The monoisotopic (exact) mass is 362 g/mol.